The maximum Gasteiger partial charge on any atom is 0.142 e. The molecule has 0 unspecified atom stereocenters. The summed E-state index contributed by atoms with van der Waals surface area (Å²) < 4.78 is 0. The minimum atomic E-state index is -0.101. The first-order chi connectivity index (χ1) is 9.34. The van der Waals surface area contributed by atoms with E-state index in [9.17, 15) is 5.11 Å². The van der Waals surface area contributed by atoms with Gasteiger partial charge in [0.15, 0.2) is 0 Å². The Kier molecular flexibility index (Phi) is 4.09. The van der Waals surface area contributed by atoms with Crippen molar-refractivity contribution in [3.63, 3.8) is 0 Å². The van der Waals surface area contributed by atoms with Crippen LogP contribution in [0.3, 0.4) is 0 Å². The highest BCUT2D eigenvalue weighted by atomic mass is 16.3. The molecule has 1 aromatic rings. The monoisotopic (exact) mass is 261 g/mol. The van der Waals surface area contributed by atoms with Crippen molar-refractivity contribution in [2.75, 3.05) is 6.54 Å². The summed E-state index contributed by atoms with van der Waals surface area (Å²) in [5, 5.41) is 10.3. The van der Waals surface area contributed by atoms with Crippen LogP contribution in [0.2, 0.25) is 0 Å². The van der Waals surface area contributed by atoms with Gasteiger partial charge in [-0.3, -0.25) is 4.90 Å². The molecular formula is C15H23N3O. The Labute approximate surface area is 114 Å². The zero-order chi connectivity index (χ0) is 13.1. The molecular weight excluding hydrogens is 238 g/mol. The molecule has 4 nitrogen and oxygen atoms in total. The van der Waals surface area contributed by atoms with Crippen LogP contribution in [0.15, 0.2) is 18.5 Å². The van der Waals surface area contributed by atoms with Gasteiger partial charge in [-0.05, 0) is 38.3 Å². The van der Waals surface area contributed by atoms with E-state index in [1.165, 1.54) is 32.1 Å². The van der Waals surface area contributed by atoms with E-state index in [0.717, 1.165) is 25.3 Å². The van der Waals surface area contributed by atoms with Crippen molar-refractivity contribution in [1.82, 2.24) is 14.9 Å². The highest BCUT2D eigenvalue weighted by Crippen LogP contribution is 2.35. The van der Waals surface area contributed by atoms with Crippen molar-refractivity contribution in [3.8, 4) is 0 Å². The van der Waals surface area contributed by atoms with Crippen molar-refractivity contribution in [1.29, 1.82) is 0 Å². The number of nitrogens with zero attached hydrogens (tertiary/aromatic N) is 3. The molecule has 104 valence electrons. The van der Waals surface area contributed by atoms with Crippen LogP contribution in [0.1, 0.15) is 44.3 Å². The molecule has 1 N–H and O–H groups in total. The second-order valence-corrected chi connectivity index (χ2v) is 5.86. The van der Waals surface area contributed by atoms with Gasteiger partial charge in [0, 0.05) is 24.4 Å². The van der Waals surface area contributed by atoms with Crippen molar-refractivity contribution in [2.24, 2.45) is 5.92 Å². The molecule has 0 amide bonds. The Bertz CT molecular complexity index is 398. The van der Waals surface area contributed by atoms with Crippen LogP contribution in [0.25, 0.3) is 0 Å². The van der Waals surface area contributed by atoms with E-state index in [-0.39, 0.29) is 6.10 Å². The third-order valence-electron chi connectivity index (χ3n) is 4.65. The average molecular weight is 261 g/mol. The number of aliphatic hydroxyl groups excluding tert-OH is 1. The molecule has 0 spiro atoms. The fourth-order valence-corrected chi connectivity index (χ4v) is 3.72. The van der Waals surface area contributed by atoms with Gasteiger partial charge in [-0.1, -0.05) is 12.8 Å². The summed E-state index contributed by atoms with van der Waals surface area (Å²) in [6.45, 7) is 1.95. The second-order valence-electron chi connectivity index (χ2n) is 5.86. The number of hydrogen-bond acceptors (Lipinski definition) is 4. The first-order valence-electron chi connectivity index (χ1n) is 7.52. The van der Waals surface area contributed by atoms with E-state index in [1.807, 2.05) is 18.5 Å². The lowest BCUT2D eigenvalue weighted by atomic mass is 9.80. The molecule has 1 aliphatic heterocycles. The summed E-state index contributed by atoms with van der Waals surface area (Å²) in [5.41, 5.74) is 0. The Hall–Kier alpha value is -1.00. The fraction of sp³-hybridized carbons (Fsp3) is 0.733. The topological polar surface area (TPSA) is 49.2 Å². The molecule has 0 radical (unpaired) electrons. The minimum absolute atomic E-state index is 0.101. The molecule has 19 heavy (non-hydrogen) atoms. The molecule has 1 saturated carbocycles. The maximum absolute atomic E-state index is 10.3. The lowest BCUT2D eigenvalue weighted by Crippen LogP contribution is -2.42. The van der Waals surface area contributed by atoms with E-state index < -0.39 is 0 Å². The quantitative estimate of drug-likeness (QED) is 0.904. The van der Waals surface area contributed by atoms with Gasteiger partial charge >= 0.3 is 0 Å². The molecule has 1 saturated heterocycles. The van der Waals surface area contributed by atoms with Crippen LogP contribution >= 0.6 is 0 Å². The van der Waals surface area contributed by atoms with Gasteiger partial charge in [0.1, 0.15) is 5.82 Å². The van der Waals surface area contributed by atoms with E-state index in [0.29, 0.717) is 12.0 Å². The maximum atomic E-state index is 10.3. The summed E-state index contributed by atoms with van der Waals surface area (Å²) in [7, 11) is 0. The van der Waals surface area contributed by atoms with Gasteiger partial charge in [-0.2, -0.15) is 0 Å². The highest BCUT2D eigenvalue weighted by Gasteiger charge is 2.36. The van der Waals surface area contributed by atoms with Gasteiger partial charge in [0.05, 0.1) is 12.6 Å². The third-order valence-corrected chi connectivity index (χ3v) is 4.65. The number of hydrogen-bond donors (Lipinski definition) is 1. The number of rotatable bonds is 3. The number of aliphatic hydroxyl groups is 1. The van der Waals surface area contributed by atoms with Crippen LogP contribution in [-0.2, 0) is 6.54 Å². The molecule has 0 aromatic carbocycles. The molecule has 3 atom stereocenters. The molecule has 2 aliphatic rings. The molecule has 4 heteroatoms. The Morgan fingerprint density at radius 1 is 1.11 bits per heavy atom. The van der Waals surface area contributed by atoms with E-state index >= 15 is 0 Å². The zero-order valence-corrected chi connectivity index (χ0v) is 11.4. The van der Waals surface area contributed by atoms with E-state index in [2.05, 4.69) is 14.9 Å². The van der Waals surface area contributed by atoms with Crippen molar-refractivity contribution >= 4 is 0 Å². The lowest BCUT2D eigenvalue weighted by Gasteiger charge is -2.37. The minimum Gasteiger partial charge on any atom is -0.393 e. The van der Waals surface area contributed by atoms with Crippen molar-refractivity contribution in [2.45, 2.75) is 57.2 Å². The van der Waals surface area contributed by atoms with Crippen LogP contribution in [0, 0.1) is 5.92 Å². The SMILES string of the molecule is O[C@@H]1CCCC[C@@H]1[C@@H]1CCCN1Cc1ncccn1. The highest BCUT2D eigenvalue weighted by molar-refractivity contribution is 4.94. The van der Waals surface area contributed by atoms with Gasteiger partial charge in [-0.25, -0.2) is 9.97 Å². The van der Waals surface area contributed by atoms with Gasteiger partial charge in [0.25, 0.3) is 0 Å². The summed E-state index contributed by atoms with van der Waals surface area (Å²) in [4.78, 5) is 11.1. The van der Waals surface area contributed by atoms with Crippen molar-refractivity contribution < 1.29 is 5.11 Å². The first kappa shape index (κ1) is 13.0. The second kappa shape index (κ2) is 5.97. The smallest absolute Gasteiger partial charge is 0.142 e. The Morgan fingerprint density at radius 2 is 1.89 bits per heavy atom. The summed E-state index contributed by atoms with van der Waals surface area (Å²) in [6, 6.07) is 2.38. The molecule has 1 aliphatic carbocycles. The van der Waals surface area contributed by atoms with Gasteiger partial charge in [-0.15, -0.1) is 0 Å². The molecule has 2 heterocycles. The largest absolute Gasteiger partial charge is 0.393 e. The van der Waals surface area contributed by atoms with Crippen LogP contribution < -0.4 is 0 Å². The molecule has 0 bridgehead atoms. The lowest BCUT2D eigenvalue weighted by molar-refractivity contribution is 0.0195. The van der Waals surface area contributed by atoms with E-state index in [1.54, 1.807) is 0 Å². The summed E-state index contributed by atoms with van der Waals surface area (Å²) >= 11 is 0. The fourth-order valence-electron chi connectivity index (χ4n) is 3.72. The predicted molar refractivity (Wildman–Crippen MR) is 73.4 cm³/mol. The Balaban J connectivity index is 1.67. The van der Waals surface area contributed by atoms with Gasteiger partial charge in [0.2, 0.25) is 0 Å². The van der Waals surface area contributed by atoms with Gasteiger partial charge < -0.3 is 5.11 Å². The normalized spacial score (nSPS) is 32.6. The molecule has 3 rings (SSSR count). The third kappa shape index (κ3) is 2.95. The summed E-state index contributed by atoms with van der Waals surface area (Å²) in [6.07, 6.45) is 10.6. The average Bonchev–Trinajstić information content (AvgIpc) is 2.88. The molecule has 2 fully saturated rings. The standard InChI is InChI=1S/C15H23N3O/c19-14-7-2-1-5-12(14)13-6-3-10-18(13)11-15-16-8-4-9-17-15/h4,8-9,12-14,19H,1-3,5-7,10-11H2/t12-,13+,14-/m1/s1. The predicted octanol–water partition coefficient (Wildman–Crippen LogP) is 1.99. The first-order valence-corrected chi connectivity index (χ1v) is 7.52. The van der Waals surface area contributed by atoms with Crippen LogP contribution in [-0.4, -0.2) is 38.7 Å². The van der Waals surface area contributed by atoms with Crippen molar-refractivity contribution in [3.05, 3.63) is 24.3 Å². The van der Waals surface area contributed by atoms with Crippen LogP contribution in [0.4, 0.5) is 0 Å². The Morgan fingerprint density at radius 3 is 2.68 bits per heavy atom. The number of likely N-dealkylation sites (tertiary alicyclic amines) is 1. The summed E-state index contributed by atoms with van der Waals surface area (Å²) in [5.74, 6) is 1.36. The number of aromatic nitrogens is 2. The van der Waals surface area contributed by atoms with Crippen LogP contribution in [0.5, 0.6) is 0 Å². The molecule has 1 aromatic heterocycles. The zero-order valence-electron chi connectivity index (χ0n) is 11.4. The van der Waals surface area contributed by atoms with E-state index in [4.69, 9.17) is 0 Å².